The fraction of sp³-hybridized carbons (Fsp3) is 0.571. The molecule has 0 fully saturated rings. The van der Waals surface area contributed by atoms with Gasteiger partial charge in [-0.15, -0.1) is 0 Å². The number of benzene rings is 2. The van der Waals surface area contributed by atoms with E-state index in [1.54, 1.807) is 0 Å². The van der Waals surface area contributed by atoms with Crippen molar-refractivity contribution in [3.05, 3.63) is 58.7 Å². The molecule has 0 unspecified atom stereocenters. The molecule has 2 heteroatoms. The molecular weight excluding hydrogens is 364 g/mol. The van der Waals surface area contributed by atoms with Gasteiger partial charge in [-0.05, 0) is 68.2 Å². The van der Waals surface area contributed by atoms with Gasteiger partial charge in [0.15, 0.2) is 0 Å². The third-order valence-corrected chi connectivity index (χ3v) is 5.58. The number of nitrogens with zero attached hydrogens (tertiary/aromatic N) is 2. The lowest BCUT2D eigenvalue weighted by atomic mass is 9.80. The summed E-state index contributed by atoms with van der Waals surface area (Å²) in [5.74, 6) is 0. The Balaban J connectivity index is 2.58. The minimum atomic E-state index is 0.0666. The van der Waals surface area contributed by atoms with Crippen LogP contribution in [0.25, 0.3) is 0 Å². The Morgan fingerprint density at radius 3 is 0.733 bits per heavy atom. The van der Waals surface area contributed by atoms with Crippen molar-refractivity contribution in [3.63, 3.8) is 0 Å². The van der Waals surface area contributed by atoms with E-state index in [1.165, 1.54) is 22.3 Å². The highest BCUT2D eigenvalue weighted by molar-refractivity contribution is 5.51. The van der Waals surface area contributed by atoms with Gasteiger partial charge in [-0.25, -0.2) is 0 Å². The molecule has 0 saturated carbocycles. The topological polar surface area (TPSA) is 24.7 Å². The summed E-state index contributed by atoms with van der Waals surface area (Å²) in [6, 6.07) is 13.3. The molecule has 0 spiro atoms. The van der Waals surface area contributed by atoms with Gasteiger partial charge >= 0.3 is 0 Å². The fourth-order valence-electron chi connectivity index (χ4n) is 3.19. The molecule has 2 rings (SSSR count). The molecule has 2 aromatic rings. The summed E-state index contributed by atoms with van der Waals surface area (Å²) in [7, 11) is 0. The lowest BCUT2D eigenvalue weighted by molar-refractivity contribution is 0.567. The summed E-state index contributed by atoms with van der Waals surface area (Å²) in [4.78, 5) is 0. The van der Waals surface area contributed by atoms with Crippen LogP contribution >= 0.6 is 0 Å². The van der Waals surface area contributed by atoms with Crippen LogP contribution in [0.4, 0.5) is 11.4 Å². The van der Waals surface area contributed by atoms with Crippen LogP contribution in [0, 0.1) is 0 Å². The Labute approximate surface area is 185 Å². The molecule has 2 nitrogen and oxygen atoms in total. The SMILES string of the molecule is CC(C)(C)c1cc(N=Nc2cc(C(C)(C)C)cc(C(C)(C)C)c2)cc(C(C)(C)C)c1. The van der Waals surface area contributed by atoms with Crippen molar-refractivity contribution in [2.75, 3.05) is 0 Å². The summed E-state index contributed by atoms with van der Waals surface area (Å²) in [6.07, 6.45) is 0. The van der Waals surface area contributed by atoms with E-state index in [2.05, 4.69) is 119 Å². The van der Waals surface area contributed by atoms with Gasteiger partial charge in [-0.1, -0.05) is 95.2 Å². The molecule has 0 atom stereocenters. The smallest absolute Gasteiger partial charge is 0.0862 e. The van der Waals surface area contributed by atoms with Crippen LogP contribution < -0.4 is 0 Å². The lowest BCUT2D eigenvalue weighted by Crippen LogP contribution is -2.16. The van der Waals surface area contributed by atoms with Crippen LogP contribution in [-0.2, 0) is 21.7 Å². The second kappa shape index (κ2) is 7.94. The Hall–Kier alpha value is -1.96. The predicted molar refractivity (Wildman–Crippen MR) is 132 cm³/mol. The second-order valence-corrected chi connectivity index (χ2v) is 12.7. The first kappa shape index (κ1) is 24.3. The summed E-state index contributed by atoms with van der Waals surface area (Å²) in [5.41, 5.74) is 7.29. The van der Waals surface area contributed by atoms with E-state index < -0.39 is 0 Å². The maximum Gasteiger partial charge on any atom is 0.0862 e. The minimum Gasteiger partial charge on any atom is -0.151 e. The van der Waals surface area contributed by atoms with E-state index in [9.17, 15) is 0 Å². The molecule has 0 N–H and O–H groups in total. The molecule has 0 aromatic heterocycles. The van der Waals surface area contributed by atoms with Crippen molar-refractivity contribution >= 4 is 11.4 Å². The number of hydrogen-bond donors (Lipinski definition) is 0. The number of azo groups is 1. The van der Waals surface area contributed by atoms with Crippen LogP contribution in [0.15, 0.2) is 46.6 Å². The maximum absolute atomic E-state index is 4.70. The zero-order valence-electron chi connectivity index (χ0n) is 21.4. The Kier molecular flexibility index (Phi) is 6.44. The minimum absolute atomic E-state index is 0.0666. The fourth-order valence-corrected chi connectivity index (χ4v) is 3.19. The Morgan fingerprint density at radius 2 is 0.567 bits per heavy atom. The van der Waals surface area contributed by atoms with E-state index in [0.29, 0.717) is 0 Å². The summed E-state index contributed by atoms with van der Waals surface area (Å²) < 4.78 is 0. The highest BCUT2D eigenvalue weighted by Gasteiger charge is 2.22. The van der Waals surface area contributed by atoms with Crippen molar-refractivity contribution in [3.8, 4) is 0 Å². The third-order valence-electron chi connectivity index (χ3n) is 5.58. The number of hydrogen-bond acceptors (Lipinski definition) is 2. The quantitative estimate of drug-likeness (QED) is 0.444. The van der Waals surface area contributed by atoms with Gasteiger partial charge in [-0.2, -0.15) is 10.2 Å². The molecule has 0 radical (unpaired) electrons. The van der Waals surface area contributed by atoms with Crippen molar-refractivity contribution < 1.29 is 0 Å². The first-order chi connectivity index (χ1) is 13.4. The monoisotopic (exact) mass is 406 g/mol. The van der Waals surface area contributed by atoms with E-state index in [0.717, 1.165) is 11.4 Å². The largest absolute Gasteiger partial charge is 0.151 e. The molecule has 0 saturated heterocycles. The number of rotatable bonds is 2. The Bertz CT molecular complexity index is 779. The first-order valence-corrected chi connectivity index (χ1v) is 11.1. The average molecular weight is 407 g/mol. The molecule has 0 heterocycles. The van der Waals surface area contributed by atoms with Gasteiger partial charge in [0.1, 0.15) is 0 Å². The van der Waals surface area contributed by atoms with Crippen LogP contribution in [0.3, 0.4) is 0 Å². The highest BCUT2D eigenvalue weighted by Crippen LogP contribution is 2.36. The van der Waals surface area contributed by atoms with Crippen LogP contribution in [0.1, 0.15) is 105 Å². The van der Waals surface area contributed by atoms with Crippen LogP contribution in [-0.4, -0.2) is 0 Å². The van der Waals surface area contributed by atoms with Gasteiger partial charge < -0.3 is 0 Å². The van der Waals surface area contributed by atoms with Crippen LogP contribution in [0.2, 0.25) is 0 Å². The average Bonchev–Trinajstić information content (AvgIpc) is 2.56. The molecule has 30 heavy (non-hydrogen) atoms. The Morgan fingerprint density at radius 1 is 0.367 bits per heavy atom. The molecule has 0 bridgehead atoms. The van der Waals surface area contributed by atoms with Crippen molar-refractivity contribution in [1.29, 1.82) is 0 Å². The second-order valence-electron chi connectivity index (χ2n) is 12.7. The molecule has 2 aromatic carbocycles. The van der Waals surface area contributed by atoms with Crippen molar-refractivity contribution in [1.82, 2.24) is 0 Å². The maximum atomic E-state index is 4.70. The molecule has 0 aliphatic heterocycles. The van der Waals surface area contributed by atoms with Gasteiger partial charge in [-0.3, -0.25) is 0 Å². The van der Waals surface area contributed by atoms with E-state index >= 15 is 0 Å². The predicted octanol–water partition coefficient (Wildman–Crippen LogP) is 9.29. The third kappa shape index (κ3) is 6.27. The molecule has 0 aliphatic carbocycles. The van der Waals surface area contributed by atoms with Crippen molar-refractivity contribution in [2.45, 2.75) is 105 Å². The summed E-state index contributed by atoms with van der Waals surface area (Å²) in [6.45, 7) is 27.0. The summed E-state index contributed by atoms with van der Waals surface area (Å²) in [5, 5.41) is 9.39. The van der Waals surface area contributed by atoms with E-state index in [-0.39, 0.29) is 21.7 Å². The lowest BCUT2D eigenvalue weighted by Gasteiger charge is -2.25. The molecule has 164 valence electrons. The standard InChI is InChI=1S/C28H42N2/c1-25(2,3)19-13-20(26(4,5)6)16-23(15-19)29-30-24-17-21(27(7,8)9)14-22(18-24)28(10,11)12/h13-18H,1-12H3. The molecular formula is C28H42N2. The highest BCUT2D eigenvalue weighted by atomic mass is 15.1. The van der Waals surface area contributed by atoms with Gasteiger partial charge in [0.25, 0.3) is 0 Å². The van der Waals surface area contributed by atoms with E-state index in [1.807, 2.05) is 0 Å². The zero-order chi connectivity index (χ0) is 23.1. The zero-order valence-corrected chi connectivity index (χ0v) is 21.4. The normalized spacial score (nSPS) is 13.9. The van der Waals surface area contributed by atoms with Crippen molar-refractivity contribution in [2.24, 2.45) is 10.2 Å². The molecule has 0 amide bonds. The van der Waals surface area contributed by atoms with Gasteiger partial charge in [0, 0.05) is 0 Å². The van der Waals surface area contributed by atoms with Crippen LogP contribution in [0.5, 0.6) is 0 Å². The molecule has 0 aliphatic rings. The van der Waals surface area contributed by atoms with Gasteiger partial charge in [0.2, 0.25) is 0 Å². The first-order valence-electron chi connectivity index (χ1n) is 11.1. The van der Waals surface area contributed by atoms with E-state index in [4.69, 9.17) is 10.2 Å². The van der Waals surface area contributed by atoms with Gasteiger partial charge in [0.05, 0.1) is 11.4 Å². The summed E-state index contributed by atoms with van der Waals surface area (Å²) >= 11 is 0.